The van der Waals surface area contributed by atoms with E-state index in [1.165, 1.54) is 0 Å². The van der Waals surface area contributed by atoms with Crippen molar-refractivity contribution in [1.29, 1.82) is 0 Å². The molecular weight excluding hydrogens is 450 g/mol. The maximum absolute atomic E-state index is 13.8. The Morgan fingerprint density at radius 1 is 1.23 bits per heavy atom. The van der Waals surface area contributed by atoms with Crippen LogP contribution >= 0.6 is 0 Å². The highest BCUT2D eigenvalue weighted by atomic mass is 16.5. The number of ether oxygens (including phenoxy) is 3. The second kappa shape index (κ2) is 11.0. The van der Waals surface area contributed by atoms with Gasteiger partial charge in [-0.3, -0.25) is 19.3 Å². The van der Waals surface area contributed by atoms with Gasteiger partial charge in [0, 0.05) is 51.1 Å². The summed E-state index contributed by atoms with van der Waals surface area (Å²) in [6.07, 6.45) is 3.33. The molecule has 192 valence electrons. The molecule has 9 heteroatoms. The van der Waals surface area contributed by atoms with E-state index < -0.39 is 11.8 Å². The predicted octanol–water partition coefficient (Wildman–Crippen LogP) is 2.20. The van der Waals surface area contributed by atoms with E-state index in [2.05, 4.69) is 5.32 Å². The van der Waals surface area contributed by atoms with Crippen LogP contribution in [0.5, 0.6) is 5.75 Å². The Morgan fingerprint density at radius 2 is 2.00 bits per heavy atom. The molecule has 3 amide bonds. The highest BCUT2D eigenvalue weighted by molar-refractivity contribution is 5.98. The number of hydrogen-bond donors (Lipinski definition) is 1. The fourth-order valence-corrected chi connectivity index (χ4v) is 5.18. The number of carbonyl (C=O) groups excluding carboxylic acids is 3. The Balaban J connectivity index is 1.54. The van der Waals surface area contributed by atoms with Crippen LogP contribution in [-0.4, -0.2) is 85.3 Å². The van der Waals surface area contributed by atoms with Crippen LogP contribution in [0.4, 0.5) is 0 Å². The van der Waals surface area contributed by atoms with Crippen LogP contribution in [0.15, 0.2) is 24.3 Å². The molecule has 0 radical (unpaired) electrons. The minimum atomic E-state index is -0.930. The van der Waals surface area contributed by atoms with Crippen molar-refractivity contribution in [2.45, 2.75) is 63.8 Å². The van der Waals surface area contributed by atoms with Crippen molar-refractivity contribution in [1.82, 2.24) is 15.1 Å². The molecule has 0 aromatic heterocycles. The number of methoxy groups -OCH3 is 1. The van der Waals surface area contributed by atoms with Crippen LogP contribution in [0.3, 0.4) is 0 Å². The smallest absolute Gasteiger partial charge is 0.257 e. The Kier molecular flexibility index (Phi) is 7.96. The van der Waals surface area contributed by atoms with Gasteiger partial charge in [0.15, 0.2) is 0 Å². The maximum Gasteiger partial charge on any atom is 0.257 e. The van der Waals surface area contributed by atoms with Crippen LogP contribution in [-0.2, 0) is 19.1 Å². The van der Waals surface area contributed by atoms with Crippen LogP contribution in [0.2, 0.25) is 0 Å². The molecule has 0 saturated carbocycles. The maximum atomic E-state index is 13.8. The summed E-state index contributed by atoms with van der Waals surface area (Å²) in [7, 11) is 1.55. The van der Waals surface area contributed by atoms with Crippen LogP contribution in [0, 0.1) is 5.92 Å². The second-order valence-electron chi connectivity index (χ2n) is 10.0. The molecular formula is C26H37N3O6. The molecule has 3 heterocycles. The normalized spacial score (nSPS) is 23.7. The first-order valence-corrected chi connectivity index (χ1v) is 12.6. The number of nitrogens with one attached hydrogen (secondary N) is 1. The molecule has 0 unspecified atom stereocenters. The quantitative estimate of drug-likeness (QED) is 0.633. The molecule has 3 aliphatic heterocycles. The second-order valence-corrected chi connectivity index (χ2v) is 10.0. The minimum Gasteiger partial charge on any atom is -0.497 e. The van der Waals surface area contributed by atoms with Gasteiger partial charge in [-0.1, -0.05) is 19.9 Å². The van der Waals surface area contributed by atoms with E-state index in [0.29, 0.717) is 56.8 Å². The lowest BCUT2D eigenvalue weighted by molar-refractivity contribution is -0.144. The highest BCUT2D eigenvalue weighted by Crippen LogP contribution is 2.39. The van der Waals surface area contributed by atoms with Crippen molar-refractivity contribution in [2.24, 2.45) is 5.92 Å². The standard InChI is InChI=1S/C26H37N3O6/c1-18(2)14-23(30)28-11-9-26(10-12-28)29(25(32)19-6-4-7-20(15-19)33-3)22(17-35-26)24(31)27-16-21-8-5-13-34-21/h4,6-7,15,18,21-22H,5,8-14,16-17H2,1-3H3,(H,27,31)/t21-,22+/m1/s1. The summed E-state index contributed by atoms with van der Waals surface area (Å²) >= 11 is 0. The van der Waals surface area contributed by atoms with E-state index >= 15 is 0 Å². The number of nitrogens with zero attached hydrogens (tertiary/aromatic N) is 2. The van der Waals surface area contributed by atoms with E-state index in [1.54, 1.807) is 36.3 Å². The van der Waals surface area contributed by atoms with E-state index in [1.807, 2.05) is 18.7 Å². The van der Waals surface area contributed by atoms with Crippen molar-refractivity contribution in [3.8, 4) is 5.75 Å². The highest BCUT2D eigenvalue weighted by Gasteiger charge is 2.54. The summed E-state index contributed by atoms with van der Waals surface area (Å²) in [5, 5.41) is 2.97. The molecule has 0 aliphatic carbocycles. The first-order chi connectivity index (χ1) is 16.8. The number of rotatable bonds is 7. The third-order valence-corrected chi connectivity index (χ3v) is 7.11. The molecule has 3 aliphatic rings. The summed E-state index contributed by atoms with van der Waals surface area (Å²) in [6.45, 7) is 6.27. The first kappa shape index (κ1) is 25.4. The van der Waals surface area contributed by atoms with Gasteiger partial charge in [-0.05, 0) is 37.0 Å². The van der Waals surface area contributed by atoms with E-state index in [4.69, 9.17) is 14.2 Å². The van der Waals surface area contributed by atoms with Crippen molar-refractivity contribution >= 4 is 17.7 Å². The largest absolute Gasteiger partial charge is 0.497 e. The van der Waals surface area contributed by atoms with Crippen molar-refractivity contribution in [2.75, 3.05) is 40.0 Å². The van der Waals surface area contributed by atoms with E-state index in [0.717, 1.165) is 12.8 Å². The Morgan fingerprint density at radius 3 is 2.66 bits per heavy atom. The summed E-state index contributed by atoms with van der Waals surface area (Å²) in [4.78, 5) is 43.2. The Hall–Kier alpha value is -2.65. The van der Waals surface area contributed by atoms with Gasteiger partial charge in [0.05, 0.1) is 19.8 Å². The van der Waals surface area contributed by atoms with Crippen molar-refractivity contribution in [3.05, 3.63) is 29.8 Å². The van der Waals surface area contributed by atoms with Crippen molar-refractivity contribution in [3.63, 3.8) is 0 Å². The topological polar surface area (TPSA) is 97.4 Å². The molecule has 0 bridgehead atoms. The van der Waals surface area contributed by atoms with Gasteiger partial charge in [-0.25, -0.2) is 0 Å². The van der Waals surface area contributed by atoms with Gasteiger partial charge in [0.2, 0.25) is 11.8 Å². The summed E-state index contributed by atoms with van der Waals surface area (Å²) in [6, 6.07) is 6.18. The van der Waals surface area contributed by atoms with Crippen molar-refractivity contribution < 1.29 is 28.6 Å². The zero-order chi connectivity index (χ0) is 25.0. The van der Waals surface area contributed by atoms with E-state index in [9.17, 15) is 14.4 Å². The summed E-state index contributed by atoms with van der Waals surface area (Å²) < 4.78 is 17.2. The molecule has 9 nitrogen and oxygen atoms in total. The fraction of sp³-hybridized carbons (Fsp3) is 0.654. The third-order valence-electron chi connectivity index (χ3n) is 7.11. The number of likely N-dealkylation sites (tertiary alicyclic amines) is 1. The molecule has 3 saturated heterocycles. The molecule has 2 atom stereocenters. The molecule has 35 heavy (non-hydrogen) atoms. The van der Waals surface area contributed by atoms with E-state index in [-0.39, 0.29) is 36.4 Å². The number of piperidine rings is 1. The van der Waals surface area contributed by atoms with Crippen LogP contribution in [0.25, 0.3) is 0 Å². The summed E-state index contributed by atoms with van der Waals surface area (Å²) in [5.41, 5.74) is -0.495. The third kappa shape index (κ3) is 5.62. The fourth-order valence-electron chi connectivity index (χ4n) is 5.18. The number of carbonyl (C=O) groups is 3. The van der Waals surface area contributed by atoms with Crippen LogP contribution in [0.1, 0.15) is 56.3 Å². The monoisotopic (exact) mass is 487 g/mol. The Labute approximate surface area is 207 Å². The molecule has 1 N–H and O–H groups in total. The van der Waals surface area contributed by atoms with Crippen LogP contribution < -0.4 is 10.1 Å². The predicted molar refractivity (Wildman–Crippen MR) is 129 cm³/mol. The zero-order valence-corrected chi connectivity index (χ0v) is 21.0. The van der Waals surface area contributed by atoms with Gasteiger partial charge in [-0.15, -0.1) is 0 Å². The summed E-state index contributed by atoms with van der Waals surface area (Å²) in [5.74, 6) is 0.444. The van der Waals surface area contributed by atoms with Gasteiger partial charge in [-0.2, -0.15) is 0 Å². The molecule has 1 aromatic carbocycles. The lowest BCUT2D eigenvalue weighted by Crippen LogP contribution is -2.60. The lowest BCUT2D eigenvalue weighted by atomic mass is 9.96. The SMILES string of the molecule is COc1cccc(C(=O)N2[C@H](C(=O)NC[C@H]3CCCO3)COC23CCN(C(=O)CC(C)C)CC3)c1. The van der Waals surface area contributed by atoms with Gasteiger partial charge in [0.25, 0.3) is 5.91 Å². The number of benzene rings is 1. The zero-order valence-electron chi connectivity index (χ0n) is 21.0. The lowest BCUT2D eigenvalue weighted by Gasteiger charge is -2.44. The average molecular weight is 488 g/mol. The molecule has 1 aromatic rings. The molecule has 4 rings (SSSR count). The number of hydrogen-bond acceptors (Lipinski definition) is 6. The van der Waals surface area contributed by atoms with Gasteiger partial charge < -0.3 is 24.4 Å². The van der Waals surface area contributed by atoms with Gasteiger partial charge >= 0.3 is 0 Å². The first-order valence-electron chi connectivity index (χ1n) is 12.6. The molecule has 1 spiro atoms. The molecule has 3 fully saturated rings. The average Bonchev–Trinajstić information content (AvgIpc) is 3.50. The minimum absolute atomic E-state index is 0.00739. The number of amides is 3. The Bertz CT molecular complexity index is 921. The van der Waals surface area contributed by atoms with Gasteiger partial charge in [0.1, 0.15) is 17.5 Å².